The first-order valence-corrected chi connectivity index (χ1v) is 12.8. The molecule has 1 heterocycles. The topological polar surface area (TPSA) is 122 Å². The average Bonchev–Trinajstić information content (AvgIpc) is 3.63. The van der Waals surface area contributed by atoms with E-state index in [0.717, 1.165) is 28.9 Å². The summed E-state index contributed by atoms with van der Waals surface area (Å²) in [5.41, 5.74) is 7.14. The zero-order chi connectivity index (χ0) is 26.3. The molecule has 9 nitrogen and oxygen atoms in total. The molecule has 3 atom stereocenters. The van der Waals surface area contributed by atoms with Gasteiger partial charge in [-0.2, -0.15) is 0 Å². The van der Waals surface area contributed by atoms with Crippen LogP contribution in [0.3, 0.4) is 0 Å². The molecule has 2 aromatic carbocycles. The second-order valence-corrected chi connectivity index (χ2v) is 10.3. The van der Waals surface area contributed by atoms with Crippen LogP contribution in [-0.2, 0) is 37.7 Å². The van der Waals surface area contributed by atoms with Crippen molar-refractivity contribution in [3.05, 3.63) is 65.2 Å². The van der Waals surface area contributed by atoms with Crippen LogP contribution in [0.15, 0.2) is 48.5 Å². The third-order valence-electron chi connectivity index (χ3n) is 7.65. The summed E-state index contributed by atoms with van der Waals surface area (Å²) in [6, 6.07) is 14.2. The Hall–Kier alpha value is -3.72. The molecule has 1 saturated heterocycles. The Bertz CT molecular complexity index is 1240. The maximum Gasteiger partial charge on any atom is 0.418 e. The SMILES string of the molecule is C[C@H](N)C(=O)Nc1ccc2c(c1)CCC21OC(=O)N(CC(=O)N(Cc2ccccc2)[C@@H](C)C2CC2)C1=O. The van der Waals surface area contributed by atoms with E-state index in [1.165, 1.54) is 0 Å². The van der Waals surface area contributed by atoms with Gasteiger partial charge in [0.15, 0.2) is 0 Å². The fourth-order valence-electron chi connectivity index (χ4n) is 5.29. The molecule has 3 aliphatic rings. The Labute approximate surface area is 215 Å². The normalized spacial score (nSPS) is 22.0. The maximum absolute atomic E-state index is 13.6. The smallest absolute Gasteiger partial charge is 0.418 e. The van der Waals surface area contributed by atoms with Crippen LogP contribution in [-0.4, -0.2) is 52.2 Å². The van der Waals surface area contributed by atoms with Gasteiger partial charge in [-0.15, -0.1) is 0 Å². The number of benzene rings is 2. The molecule has 4 amide bonds. The molecule has 0 bridgehead atoms. The molecule has 1 unspecified atom stereocenters. The maximum atomic E-state index is 13.6. The van der Waals surface area contributed by atoms with E-state index in [1.807, 2.05) is 37.3 Å². The zero-order valence-corrected chi connectivity index (χ0v) is 21.1. The van der Waals surface area contributed by atoms with E-state index in [0.29, 0.717) is 30.1 Å². The fourth-order valence-corrected chi connectivity index (χ4v) is 5.29. The van der Waals surface area contributed by atoms with Crippen molar-refractivity contribution < 1.29 is 23.9 Å². The van der Waals surface area contributed by atoms with Gasteiger partial charge in [0, 0.05) is 30.3 Å². The summed E-state index contributed by atoms with van der Waals surface area (Å²) in [6.45, 7) is 3.68. The first-order chi connectivity index (χ1) is 17.7. The Morgan fingerprint density at radius 3 is 2.57 bits per heavy atom. The van der Waals surface area contributed by atoms with Gasteiger partial charge < -0.3 is 20.7 Å². The number of hydrogen-bond acceptors (Lipinski definition) is 6. The number of nitrogens with two attached hydrogens (primary N) is 1. The molecular weight excluding hydrogens is 472 g/mol. The molecule has 2 fully saturated rings. The Morgan fingerprint density at radius 2 is 1.89 bits per heavy atom. The summed E-state index contributed by atoms with van der Waals surface area (Å²) in [7, 11) is 0. The minimum Gasteiger partial charge on any atom is -0.427 e. The van der Waals surface area contributed by atoms with Gasteiger partial charge in [0.25, 0.3) is 5.91 Å². The summed E-state index contributed by atoms with van der Waals surface area (Å²) >= 11 is 0. The number of aryl methyl sites for hydroxylation is 1. The number of rotatable bonds is 8. The molecule has 1 saturated carbocycles. The van der Waals surface area contributed by atoms with Gasteiger partial charge in [-0.3, -0.25) is 14.4 Å². The zero-order valence-electron chi connectivity index (χ0n) is 21.1. The summed E-state index contributed by atoms with van der Waals surface area (Å²) in [4.78, 5) is 54.7. The summed E-state index contributed by atoms with van der Waals surface area (Å²) < 4.78 is 5.70. The number of hydrogen-bond donors (Lipinski definition) is 2. The number of nitrogens with one attached hydrogen (secondary N) is 1. The molecule has 194 valence electrons. The first-order valence-electron chi connectivity index (χ1n) is 12.8. The Morgan fingerprint density at radius 1 is 1.16 bits per heavy atom. The van der Waals surface area contributed by atoms with Crippen LogP contribution in [0.5, 0.6) is 0 Å². The highest BCUT2D eigenvalue weighted by Crippen LogP contribution is 2.46. The number of imide groups is 1. The van der Waals surface area contributed by atoms with E-state index in [1.54, 1.807) is 30.0 Å². The number of fused-ring (bicyclic) bond motifs is 2. The highest BCUT2D eigenvalue weighted by atomic mass is 16.6. The molecule has 2 aliphatic carbocycles. The lowest BCUT2D eigenvalue weighted by Gasteiger charge is -2.30. The van der Waals surface area contributed by atoms with Crippen LogP contribution in [0, 0.1) is 5.92 Å². The number of carbonyl (C=O) groups excluding carboxylic acids is 4. The van der Waals surface area contributed by atoms with E-state index < -0.39 is 23.6 Å². The average molecular weight is 505 g/mol. The molecule has 37 heavy (non-hydrogen) atoms. The standard InChI is InChI=1S/C28H32N4O5/c1-17(29)25(34)30-22-10-11-23-21(14-22)12-13-28(23)26(35)32(27(36)37-28)16-24(33)31(18(2)20-8-9-20)15-19-6-4-3-5-7-19/h3-7,10-11,14,17-18,20H,8-9,12-13,15-16,29H2,1-2H3,(H,30,34)/t17-,18-,28?/m0/s1. The minimum absolute atomic E-state index is 0.00692. The van der Waals surface area contributed by atoms with Crippen LogP contribution >= 0.6 is 0 Å². The monoisotopic (exact) mass is 504 g/mol. The van der Waals surface area contributed by atoms with E-state index >= 15 is 0 Å². The van der Waals surface area contributed by atoms with E-state index in [4.69, 9.17) is 10.5 Å². The fraction of sp³-hybridized carbons (Fsp3) is 0.429. The third-order valence-corrected chi connectivity index (χ3v) is 7.65. The van der Waals surface area contributed by atoms with Crippen molar-refractivity contribution in [2.45, 2.75) is 63.8 Å². The number of nitrogens with zero attached hydrogens (tertiary/aromatic N) is 2. The number of carbonyl (C=O) groups is 4. The lowest BCUT2D eigenvalue weighted by atomic mass is 9.94. The second kappa shape index (κ2) is 9.63. The van der Waals surface area contributed by atoms with E-state index in [-0.39, 0.29) is 30.8 Å². The van der Waals surface area contributed by atoms with E-state index in [2.05, 4.69) is 5.32 Å². The molecule has 9 heteroatoms. The van der Waals surface area contributed by atoms with Crippen LogP contribution in [0.4, 0.5) is 10.5 Å². The Balaban J connectivity index is 1.34. The molecule has 1 spiro atoms. The molecule has 1 aliphatic heterocycles. The van der Waals surface area contributed by atoms with Crippen molar-refractivity contribution in [3.8, 4) is 0 Å². The van der Waals surface area contributed by atoms with Crippen molar-refractivity contribution in [2.75, 3.05) is 11.9 Å². The van der Waals surface area contributed by atoms with Gasteiger partial charge in [-0.1, -0.05) is 36.4 Å². The molecule has 5 rings (SSSR count). The largest absolute Gasteiger partial charge is 0.427 e. The van der Waals surface area contributed by atoms with Crippen LogP contribution in [0.25, 0.3) is 0 Å². The summed E-state index contributed by atoms with van der Waals surface area (Å²) in [6.07, 6.45) is 2.11. The predicted molar refractivity (Wildman–Crippen MR) is 136 cm³/mol. The highest BCUT2D eigenvalue weighted by molar-refractivity contribution is 6.06. The predicted octanol–water partition coefficient (Wildman–Crippen LogP) is 2.92. The van der Waals surface area contributed by atoms with Gasteiger partial charge in [-0.25, -0.2) is 9.69 Å². The molecule has 3 N–H and O–H groups in total. The first kappa shape index (κ1) is 25.0. The Kier molecular flexibility index (Phi) is 6.49. The lowest BCUT2D eigenvalue weighted by Crippen LogP contribution is -2.47. The molecular formula is C28H32N4O5. The van der Waals surface area contributed by atoms with Gasteiger partial charge in [0.2, 0.25) is 17.4 Å². The van der Waals surface area contributed by atoms with Crippen LogP contribution in [0.1, 0.15) is 49.8 Å². The molecule has 2 aromatic rings. The molecule has 0 aromatic heterocycles. The minimum atomic E-state index is -1.44. The van der Waals surface area contributed by atoms with Crippen molar-refractivity contribution in [3.63, 3.8) is 0 Å². The second-order valence-electron chi connectivity index (χ2n) is 10.3. The summed E-state index contributed by atoms with van der Waals surface area (Å²) in [5, 5.41) is 2.74. The molecule has 0 radical (unpaired) electrons. The lowest BCUT2D eigenvalue weighted by molar-refractivity contribution is -0.143. The number of anilines is 1. The van der Waals surface area contributed by atoms with Gasteiger partial charge in [-0.05, 0) is 62.3 Å². The highest BCUT2D eigenvalue weighted by Gasteiger charge is 2.58. The quantitative estimate of drug-likeness (QED) is 0.570. The van der Waals surface area contributed by atoms with Crippen molar-refractivity contribution in [1.82, 2.24) is 9.80 Å². The number of amides is 4. The van der Waals surface area contributed by atoms with Gasteiger partial charge in [0.1, 0.15) is 6.54 Å². The van der Waals surface area contributed by atoms with Crippen molar-refractivity contribution in [1.29, 1.82) is 0 Å². The number of ether oxygens (including phenoxy) is 1. The van der Waals surface area contributed by atoms with Crippen LogP contribution < -0.4 is 11.1 Å². The van der Waals surface area contributed by atoms with Gasteiger partial charge >= 0.3 is 6.09 Å². The van der Waals surface area contributed by atoms with Crippen molar-refractivity contribution >= 4 is 29.5 Å². The summed E-state index contributed by atoms with van der Waals surface area (Å²) in [5.74, 6) is -0.686. The third kappa shape index (κ3) is 4.71. The van der Waals surface area contributed by atoms with Crippen molar-refractivity contribution in [2.24, 2.45) is 11.7 Å². The van der Waals surface area contributed by atoms with Crippen LogP contribution in [0.2, 0.25) is 0 Å². The van der Waals surface area contributed by atoms with E-state index in [9.17, 15) is 19.2 Å². The van der Waals surface area contributed by atoms with Gasteiger partial charge in [0.05, 0.1) is 6.04 Å².